The van der Waals surface area contributed by atoms with Crippen LogP contribution in [0.25, 0.3) is 5.73 Å². The van der Waals surface area contributed by atoms with Crippen LogP contribution < -0.4 is 5.19 Å². The maximum Gasteiger partial charge on any atom is 0.110 e. The zero-order valence-corrected chi connectivity index (χ0v) is 24.1. The van der Waals surface area contributed by atoms with Crippen molar-refractivity contribution in [3.8, 4) is 0 Å². The molecular formula is C26H37FHfNSi-2. The molecule has 1 aromatic carbocycles. The molecule has 3 unspecified atom stereocenters. The Hall–Kier alpha value is -0.323. The molecule has 4 bridgehead atoms. The largest absolute Gasteiger partial charge is 0.672 e. The third-order valence-electron chi connectivity index (χ3n) is 7.36. The summed E-state index contributed by atoms with van der Waals surface area (Å²) in [6, 6.07) is 10.6. The molecule has 1 nitrogen and oxygen atoms in total. The first-order valence-electron chi connectivity index (χ1n) is 11.2. The van der Waals surface area contributed by atoms with Crippen molar-refractivity contribution < 1.29 is 30.2 Å². The second-order valence-electron chi connectivity index (χ2n) is 9.89. The third-order valence-corrected chi connectivity index (χ3v) is 8.41. The number of benzene rings is 1. The van der Waals surface area contributed by atoms with Crippen LogP contribution in [0.5, 0.6) is 0 Å². The van der Waals surface area contributed by atoms with Gasteiger partial charge in [-0.1, -0.05) is 81.6 Å². The van der Waals surface area contributed by atoms with E-state index in [9.17, 15) is 4.39 Å². The number of hydrogen-bond donors (Lipinski definition) is 0. The molecule has 4 saturated carbocycles. The van der Waals surface area contributed by atoms with Crippen molar-refractivity contribution in [3.05, 3.63) is 58.9 Å². The smallest absolute Gasteiger partial charge is 0.110 e. The van der Waals surface area contributed by atoms with Crippen molar-refractivity contribution in [1.82, 2.24) is 0 Å². The van der Waals surface area contributed by atoms with Crippen LogP contribution in [0.2, 0.25) is 6.55 Å². The van der Waals surface area contributed by atoms with E-state index < -0.39 is 5.67 Å². The van der Waals surface area contributed by atoms with Crippen LogP contribution in [-0.2, 0) is 25.8 Å². The molecule has 0 aliphatic heterocycles. The number of hydrogen-bond acceptors (Lipinski definition) is 0. The quantitative estimate of drug-likeness (QED) is 0.260. The first kappa shape index (κ1) is 25.9. The van der Waals surface area contributed by atoms with Crippen LogP contribution in [0.4, 0.5) is 4.39 Å². The van der Waals surface area contributed by atoms with Gasteiger partial charge in [-0.05, 0) is 37.5 Å². The van der Waals surface area contributed by atoms with E-state index in [1.807, 2.05) is 0 Å². The van der Waals surface area contributed by atoms with Gasteiger partial charge in [0, 0.05) is 25.8 Å². The molecule has 163 valence electrons. The molecule has 3 atom stereocenters. The molecule has 1 N–H and O–H groups in total. The van der Waals surface area contributed by atoms with Gasteiger partial charge >= 0.3 is 0 Å². The first-order valence-corrected chi connectivity index (χ1v) is 12.9. The topological polar surface area (TPSA) is 23.8 Å². The summed E-state index contributed by atoms with van der Waals surface area (Å²) in [4.78, 5) is 0. The normalized spacial score (nSPS) is 35.6. The average molecular weight is 589 g/mol. The van der Waals surface area contributed by atoms with Crippen LogP contribution in [0, 0.1) is 23.8 Å². The summed E-state index contributed by atoms with van der Waals surface area (Å²) in [6.07, 6.45) is 8.61. The number of nitrogens with one attached hydrogen (secondary N) is 1. The predicted molar refractivity (Wildman–Crippen MR) is 125 cm³/mol. The van der Waals surface area contributed by atoms with Crippen LogP contribution in [-0.4, -0.2) is 20.7 Å². The number of rotatable bonds is 1. The molecule has 4 heteroatoms. The Bertz CT molecular complexity index is 738. The molecule has 5 aliphatic carbocycles. The van der Waals surface area contributed by atoms with E-state index in [0.29, 0.717) is 33.7 Å². The van der Waals surface area contributed by atoms with Gasteiger partial charge in [0.1, 0.15) is 5.67 Å². The van der Waals surface area contributed by atoms with Gasteiger partial charge in [-0.15, -0.1) is 12.5 Å². The summed E-state index contributed by atoms with van der Waals surface area (Å²) >= 11 is 0. The standard InChI is InChI=1S/C10H15FN.C9H13.C7H9Si.Hf/c11-9-2-7-1-8(3-9)5-10(12,4-7)6-9;1-6-5-7(2)9(4)8(6)3;1-8-7-5-3-2-4-6-7;/h7-8,12H,1-6H2;6H,1-4H3;2-6,8H,1H3;/q2*-1;;. The fourth-order valence-corrected chi connectivity index (χ4v) is 6.57. The summed E-state index contributed by atoms with van der Waals surface area (Å²) in [5.74, 6) is 1.66. The molecular weight excluding hydrogens is 552 g/mol. The molecule has 0 aromatic heterocycles. The number of halogens is 1. The van der Waals surface area contributed by atoms with Gasteiger partial charge in [0.15, 0.2) is 0 Å². The van der Waals surface area contributed by atoms with Gasteiger partial charge in [0.25, 0.3) is 0 Å². The van der Waals surface area contributed by atoms with Crippen molar-refractivity contribution in [2.75, 3.05) is 0 Å². The Morgan fingerprint density at radius 2 is 1.60 bits per heavy atom. The Morgan fingerprint density at radius 3 is 1.90 bits per heavy atom. The average Bonchev–Trinajstić information content (AvgIpc) is 2.86. The second-order valence-corrected chi connectivity index (χ2v) is 11.1. The van der Waals surface area contributed by atoms with E-state index in [4.69, 9.17) is 5.73 Å². The van der Waals surface area contributed by atoms with E-state index in [0.717, 1.165) is 25.7 Å². The minimum Gasteiger partial charge on any atom is -0.672 e. The van der Waals surface area contributed by atoms with E-state index in [-0.39, 0.29) is 31.4 Å². The van der Waals surface area contributed by atoms with E-state index in [1.165, 1.54) is 28.3 Å². The Kier molecular flexibility index (Phi) is 9.10. The summed E-state index contributed by atoms with van der Waals surface area (Å²) in [5, 5.41) is 1.49. The van der Waals surface area contributed by atoms with Crippen molar-refractivity contribution in [3.63, 3.8) is 0 Å². The molecule has 4 fully saturated rings. The maximum atomic E-state index is 14.0. The van der Waals surface area contributed by atoms with Gasteiger partial charge in [-0.3, -0.25) is 6.08 Å². The Morgan fingerprint density at radius 1 is 1.03 bits per heavy atom. The van der Waals surface area contributed by atoms with Crippen molar-refractivity contribution in [2.45, 2.75) is 84.0 Å². The monoisotopic (exact) mass is 590 g/mol. The minimum absolute atomic E-state index is 0. The zero-order chi connectivity index (χ0) is 21.2. The summed E-state index contributed by atoms with van der Waals surface area (Å²) in [7, 11) is 0.511. The number of allylic oxidation sites excluding steroid dienone is 4. The molecule has 1 aromatic rings. The molecule has 0 amide bonds. The van der Waals surface area contributed by atoms with Gasteiger partial charge < -0.3 is 5.73 Å². The SMILES string of the molecule is CC1=[C-]C(C)C(C)=C1C.C[SiH]c1ccccc1.[Hf].[NH-]C12CC3CC(C1)CC(F)(C3)C2. The van der Waals surface area contributed by atoms with Crippen LogP contribution >= 0.6 is 0 Å². The fraction of sp³-hybridized carbons (Fsp3) is 0.615. The van der Waals surface area contributed by atoms with Crippen molar-refractivity contribution in [2.24, 2.45) is 17.8 Å². The molecule has 0 spiro atoms. The van der Waals surface area contributed by atoms with Gasteiger partial charge in [0.05, 0.1) is 9.52 Å². The van der Waals surface area contributed by atoms with Crippen molar-refractivity contribution >= 4 is 14.7 Å². The predicted octanol–water partition coefficient (Wildman–Crippen LogP) is 6.62. The minimum atomic E-state index is -0.925. The van der Waals surface area contributed by atoms with E-state index in [2.05, 4.69) is 70.6 Å². The van der Waals surface area contributed by atoms with Crippen molar-refractivity contribution in [1.29, 1.82) is 0 Å². The van der Waals surface area contributed by atoms with Crippen LogP contribution in [0.1, 0.15) is 66.2 Å². The van der Waals surface area contributed by atoms with Gasteiger partial charge in [-0.2, -0.15) is 11.1 Å². The fourth-order valence-electron chi connectivity index (χ4n) is 5.96. The molecule has 30 heavy (non-hydrogen) atoms. The molecule has 5 aliphatic rings. The molecule has 0 heterocycles. The maximum absolute atomic E-state index is 14.0. The summed E-state index contributed by atoms with van der Waals surface area (Å²) in [5.41, 5.74) is 11.1. The first-order chi connectivity index (χ1) is 13.6. The van der Waals surface area contributed by atoms with Crippen LogP contribution in [0.3, 0.4) is 0 Å². The Balaban J connectivity index is 0.000000162. The Labute approximate surface area is 204 Å². The van der Waals surface area contributed by atoms with Gasteiger partial charge in [-0.25, -0.2) is 9.96 Å². The van der Waals surface area contributed by atoms with Gasteiger partial charge in [0.2, 0.25) is 0 Å². The second kappa shape index (κ2) is 10.5. The summed E-state index contributed by atoms with van der Waals surface area (Å²) < 4.78 is 14.0. The molecule has 6 rings (SSSR count). The van der Waals surface area contributed by atoms with E-state index in [1.54, 1.807) is 0 Å². The molecule has 1 radical (unpaired) electrons. The van der Waals surface area contributed by atoms with E-state index >= 15 is 0 Å². The third kappa shape index (κ3) is 6.35. The number of alkyl halides is 1. The molecule has 0 saturated heterocycles. The summed E-state index contributed by atoms with van der Waals surface area (Å²) in [6.45, 7) is 10.9. The van der Waals surface area contributed by atoms with Crippen LogP contribution in [0.15, 0.2) is 47.1 Å². The zero-order valence-electron chi connectivity index (χ0n) is 19.3.